The van der Waals surface area contributed by atoms with E-state index in [0.29, 0.717) is 21.8 Å². The summed E-state index contributed by atoms with van der Waals surface area (Å²) >= 11 is 2.77. The van der Waals surface area contributed by atoms with Crippen LogP contribution in [-0.2, 0) is 27.2 Å². The molecular formula is C40H35N3O5S2. The van der Waals surface area contributed by atoms with Gasteiger partial charge in [-0.15, -0.1) is 23.1 Å². The van der Waals surface area contributed by atoms with E-state index in [2.05, 4.69) is 16.0 Å². The lowest BCUT2D eigenvalue weighted by Gasteiger charge is -2.18. The van der Waals surface area contributed by atoms with Crippen molar-refractivity contribution < 1.29 is 23.9 Å². The van der Waals surface area contributed by atoms with Gasteiger partial charge in [0, 0.05) is 21.0 Å². The third-order valence-corrected chi connectivity index (χ3v) is 10.6. The number of esters is 1. The summed E-state index contributed by atoms with van der Waals surface area (Å²) in [5.41, 5.74) is 3.92. The first-order chi connectivity index (χ1) is 24.4. The maximum atomic E-state index is 14.0. The molecule has 1 aliphatic rings. The van der Waals surface area contributed by atoms with Crippen molar-refractivity contribution in [3.05, 3.63) is 154 Å². The van der Waals surface area contributed by atoms with E-state index in [0.717, 1.165) is 52.1 Å². The number of nitrogens with one attached hydrogen (secondary N) is 3. The molecule has 4 aromatic carbocycles. The number of fused-ring (bicyclic) bond motifs is 1. The quantitative estimate of drug-likeness (QED) is 0.0726. The Morgan fingerprint density at radius 3 is 2.20 bits per heavy atom. The van der Waals surface area contributed by atoms with Crippen LogP contribution in [0.15, 0.2) is 126 Å². The van der Waals surface area contributed by atoms with Crippen molar-refractivity contribution >= 4 is 63.6 Å². The standard InChI is InChI=1S/C40H35N3O5S2/c1-48-40(47)34-31-22-11-12-23-33(31)50-39(34)43-38(46)35(27-16-7-3-8-17-27)49-30-21-13-20-29(25-30)41-37(45)32(24-26-14-5-2-6-15-26)42-36(44)28-18-9-4-10-19-28/h2-10,13-21,24-25,35H,11-12,22-23H2,1H3,(H,41,45)(H,42,44)(H,43,46)/b32-24-. The Hall–Kier alpha value is -5.45. The van der Waals surface area contributed by atoms with Crippen LogP contribution in [-0.4, -0.2) is 30.8 Å². The fourth-order valence-corrected chi connectivity index (χ4v) is 8.05. The van der Waals surface area contributed by atoms with E-state index < -0.39 is 23.0 Å². The van der Waals surface area contributed by atoms with Gasteiger partial charge in [0.2, 0.25) is 5.91 Å². The second-order valence-electron chi connectivity index (χ2n) is 11.6. The molecule has 0 saturated heterocycles. The molecule has 6 rings (SSSR count). The molecule has 50 heavy (non-hydrogen) atoms. The largest absolute Gasteiger partial charge is 0.465 e. The average Bonchev–Trinajstić information content (AvgIpc) is 3.52. The van der Waals surface area contributed by atoms with Gasteiger partial charge in [-0.25, -0.2) is 4.79 Å². The topological polar surface area (TPSA) is 114 Å². The molecule has 3 amide bonds. The van der Waals surface area contributed by atoms with Crippen LogP contribution in [0.1, 0.15) is 60.4 Å². The zero-order valence-corrected chi connectivity index (χ0v) is 28.9. The number of hydrogen-bond acceptors (Lipinski definition) is 7. The van der Waals surface area contributed by atoms with Gasteiger partial charge in [0.1, 0.15) is 15.9 Å². The second-order valence-corrected chi connectivity index (χ2v) is 13.9. The van der Waals surface area contributed by atoms with E-state index in [-0.39, 0.29) is 11.6 Å². The van der Waals surface area contributed by atoms with Gasteiger partial charge >= 0.3 is 5.97 Å². The third kappa shape index (κ3) is 8.39. The smallest absolute Gasteiger partial charge is 0.341 e. The Bertz CT molecular complexity index is 2030. The Balaban J connectivity index is 1.24. The molecule has 252 valence electrons. The molecule has 1 heterocycles. The number of ether oxygens (including phenoxy) is 1. The molecule has 1 unspecified atom stereocenters. The van der Waals surface area contributed by atoms with Gasteiger partial charge in [-0.1, -0.05) is 84.9 Å². The van der Waals surface area contributed by atoms with Crippen molar-refractivity contribution in [2.45, 2.75) is 35.8 Å². The fourth-order valence-electron chi connectivity index (χ4n) is 5.69. The van der Waals surface area contributed by atoms with Crippen LogP contribution in [0.25, 0.3) is 6.08 Å². The molecule has 1 aliphatic carbocycles. The minimum absolute atomic E-state index is 0.0738. The van der Waals surface area contributed by atoms with E-state index in [1.54, 1.807) is 48.5 Å². The molecule has 0 aliphatic heterocycles. The molecule has 1 aromatic heterocycles. The molecule has 0 spiro atoms. The minimum Gasteiger partial charge on any atom is -0.465 e. The Labute approximate surface area is 299 Å². The fraction of sp³-hybridized carbons (Fsp3) is 0.150. The molecule has 5 aromatic rings. The van der Waals surface area contributed by atoms with Crippen molar-refractivity contribution in [3.63, 3.8) is 0 Å². The lowest BCUT2D eigenvalue weighted by Crippen LogP contribution is -2.30. The van der Waals surface area contributed by atoms with Gasteiger partial charge < -0.3 is 20.7 Å². The van der Waals surface area contributed by atoms with Gasteiger partial charge in [0.05, 0.1) is 12.7 Å². The van der Waals surface area contributed by atoms with Gasteiger partial charge in [-0.05, 0) is 78.8 Å². The second kappa shape index (κ2) is 16.3. The van der Waals surface area contributed by atoms with Gasteiger partial charge in [0.25, 0.3) is 11.8 Å². The highest BCUT2D eigenvalue weighted by atomic mass is 32.2. The van der Waals surface area contributed by atoms with E-state index in [4.69, 9.17) is 4.74 Å². The van der Waals surface area contributed by atoms with E-state index >= 15 is 0 Å². The Morgan fingerprint density at radius 2 is 1.48 bits per heavy atom. The number of thioether (sulfide) groups is 1. The van der Waals surface area contributed by atoms with E-state index in [9.17, 15) is 19.2 Å². The third-order valence-electron chi connectivity index (χ3n) is 8.12. The van der Waals surface area contributed by atoms with Crippen LogP contribution in [0.4, 0.5) is 10.7 Å². The summed E-state index contributed by atoms with van der Waals surface area (Å²) in [6.07, 6.45) is 5.29. The molecule has 3 N–H and O–H groups in total. The number of amides is 3. The SMILES string of the molecule is COC(=O)c1c(NC(=O)C(Sc2cccc(NC(=O)/C(=C/c3ccccc3)NC(=O)c3ccccc3)c2)c2ccccc2)sc2c1CCCC2. The Morgan fingerprint density at radius 1 is 0.800 bits per heavy atom. The van der Waals surface area contributed by atoms with Crippen molar-refractivity contribution in [3.8, 4) is 0 Å². The zero-order chi connectivity index (χ0) is 34.9. The number of hydrogen-bond donors (Lipinski definition) is 3. The van der Waals surface area contributed by atoms with Gasteiger partial charge in [0.15, 0.2) is 0 Å². The number of thiophene rings is 1. The first kappa shape index (κ1) is 34.4. The van der Waals surface area contributed by atoms with E-state index in [1.165, 1.54) is 30.2 Å². The normalized spacial score (nSPS) is 13.0. The van der Waals surface area contributed by atoms with Crippen LogP contribution < -0.4 is 16.0 Å². The Kier molecular flexibility index (Phi) is 11.2. The molecule has 8 nitrogen and oxygen atoms in total. The highest BCUT2D eigenvalue weighted by Gasteiger charge is 2.30. The number of rotatable bonds is 11. The number of anilines is 2. The first-order valence-electron chi connectivity index (χ1n) is 16.2. The summed E-state index contributed by atoms with van der Waals surface area (Å²) in [4.78, 5) is 55.4. The van der Waals surface area contributed by atoms with Crippen LogP contribution in [0.2, 0.25) is 0 Å². The van der Waals surface area contributed by atoms with Crippen molar-refractivity contribution in [2.24, 2.45) is 0 Å². The predicted molar refractivity (Wildman–Crippen MR) is 199 cm³/mol. The van der Waals surface area contributed by atoms with Crippen molar-refractivity contribution in [1.82, 2.24) is 5.32 Å². The van der Waals surface area contributed by atoms with Gasteiger partial charge in [-0.2, -0.15) is 0 Å². The van der Waals surface area contributed by atoms with Crippen LogP contribution in [0.3, 0.4) is 0 Å². The number of carbonyl (C=O) groups is 4. The molecular weight excluding hydrogens is 667 g/mol. The number of benzene rings is 4. The van der Waals surface area contributed by atoms with Crippen molar-refractivity contribution in [2.75, 3.05) is 17.7 Å². The minimum atomic E-state index is -0.675. The summed E-state index contributed by atoms with van der Waals surface area (Å²) < 4.78 is 5.11. The molecule has 0 bridgehead atoms. The summed E-state index contributed by atoms with van der Waals surface area (Å²) in [5, 5.41) is 8.56. The van der Waals surface area contributed by atoms with Crippen LogP contribution in [0.5, 0.6) is 0 Å². The monoisotopic (exact) mass is 701 g/mol. The highest BCUT2D eigenvalue weighted by molar-refractivity contribution is 8.00. The predicted octanol–water partition coefficient (Wildman–Crippen LogP) is 8.30. The first-order valence-corrected chi connectivity index (χ1v) is 17.9. The van der Waals surface area contributed by atoms with Gasteiger partial charge in [-0.3, -0.25) is 14.4 Å². The number of aryl methyl sites for hydroxylation is 1. The van der Waals surface area contributed by atoms with E-state index in [1.807, 2.05) is 72.8 Å². The molecule has 10 heteroatoms. The number of carbonyl (C=O) groups excluding carboxylic acids is 4. The lowest BCUT2D eigenvalue weighted by molar-refractivity contribution is -0.116. The van der Waals surface area contributed by atoms with Crippen LogP contribution >= 0.6 is 23.1 Å². The summed E-state index contributed by atoms with van der Waals surface area (Å²) in [7, 11) is 1.35. The number of methoxy groups -OCH3 is 1. The average molecular weight is 702 g/mol. The summed E-state index contributed by atoms with van der Waals surface area (Å²) in [6.45, 7) is 0. The van der Waals surface area contributed by atoms with Crippen molar-refractivity contribution in [1.29, 1.82) is 0 Å². The molecule has 0 radical (unpaired) electrons. The maximum absolute atomic E-state index is 14.0. The highest BCUT2D eigenvalue weighted by Crippen LogP contribution is 2.41. The molecule has 1 atom stereocenters. The van der Waals surface area contributed by atoms with Crippen LogP contribution in [0, 0.1) is 0 Å². The lowest BCUT2D eigenvalue weighted by atomic mass is 9.95. The summed E-state index contributed by atoms with van der Waals surface area (Å²) in [6, 6.07) is 34.6. The summed E-state index contributed by atoms with van der Waals surface area (Å²) in [5.74, 6) is -1.65. The molecule has 0 saturated carbocycles. The maximum Gasteiger partial charge on any atom is 0.341 e. The zero-order valence-electron chi connectivity index (χ0n) is 27.3. The molecule has 0 fully saturated rings.